The van der Waals surface area contributed by atoms with Gasteiger partial charge in [-0.1, -0.05) is 30.3 Å². The van der Waals surface area contributed by atoms with Gasteiger partial charge in [-0.25, -0.2) is 0 Å². The van der Waals surface area contributed by atoms with E-state index in [2.05, 4.69) is 17.4 Å². The zero-order valence-corrected chi connectivity index (χ0v) is 11.1. The zero-order valence-electron chi connectivity index (χ0n) is 11.1. The Morgan fingerprint density at radius 1 is 1.05 bits per heavy atom. The van der Waals surface area contributed by atoms with Crippen molar-refractivity contribution in [3.63, 3.8) is 0 Å². The number of methoxy groups -OCH3 is 1. The van der Waals surface area contributed by atoms with Gasteiger partial charge in [-0.3, -0.25) is 0 Å². The number of benzene rings is 2. The van der Waals surface area contributed by atoms with Gasteiger partial charge in [0.25, 0.3) is 0 Å². The summed E-state index contributed by atoms with van der Waals surface area (Å²) in [5, 5.41) is 12.7. The van der Waals surface area contributed by atoms with Crippen molar-refractivity contribution >= 4 is 5.69 Å². The highest BCUT2D eigenvalue weighted by Crippen LogP contribution is 2.17. The van der Waals surface area contributed by atoms with Gasteiger partial charge in [0.05, 0.1) is 6.61 Å². The van der Waals surface area contributed by atoms with Gasteiger partial charge in [0.1, 0.15) is 5.75 Å². The Kier molecular flexibility index (Phi) is 4.81. The van der Waals surface area contributed by atoms with E-state index in [1.807, 2.05) is 24.3 Å². The molecule has 0 spiro atoms. The van der Waals surface area contributed by atoms with Gasteiger partial charge >= 0.3 is 0 Å². The van der Waals surface area contributed by atoms with Gasteiger partial charge < -0.3 is 15.2 Å². The fourth-order valence-corrected chi connectivity index (χ4v) is 1.93. The quantitative estimate of drug-likeness (QED) is 0.835. The number of phenolic OH excluding ortho intramolecular Hbond substituents is 1. The average molecular weight is 257 g/mol. The van der Waals surface area contributed by atoms with Crippen molar-refractivity contribution in [3.8, 4) is 5.75 Å². The third kappa shape index (κ3) is 4.00. The molecule has 0 atom stereocenters. The number of phenols is 1. The van der Waals surface area contributed by atoms with Crippen LogP contribution in [0.4, 0.5) is 5.69 Å². The van der Waals surface area contributed by atoms with Crippen LogP contribution in [0.2, 0.25) is 0 Å². The Bertz CT molecular complexity index is 508. The largest absolute Gasteiger partial charge is 0.508 e. The maximum Gasteiger partial charge on any atom is 0.115 e. The van der Waals surface area contributed by atoms with Crippen LogP contribution in [0.25, 0.3) is 0 Å². The van der Waals surface area contributed by atoms with Gasteiger partial charge in [-0.2, -0.15) is 0 Å². The van der Waals surface area contributed by atoms with Crippen LogP contribution >= 0.6 is 0 Å². The molecule has 19 heavy (non-hydrogen) atoms. The fourth-order valence-electron chi connectivity index (χ4n) is 1.93. The molecule has 2 aromatic rings. The Balaban J connectivity index is 2.00. The first-order valence-electron chi connectivity index (χ1n) is 6.38. The van der Waals surface area contributed by atoms with E-state index < -0.39 is 0 Å². The third-order valence-electron chi connectivity index (χ3n) is 3.01. The van der Waals surface area contributed by atoms with Gasteiger partial charge in [0.2, 0.25) is 0 Å². The molecule has 0 aliphatic rings. The summed E-state index contributed by atoms with van der Waals surface area (Å²) in [6.07, 6.45) is 0.898. The highest BCUT2D eigenvalue weighted by molar-refractivity contribution is 5.51. The van der Waals surface area contributed by atoms with E-state index in [9.17, 15) is 5.11 Å². The Labute approximate surface area is 113 Å². The molecule has 2 aromatic carbocycles. The number of anilines is 1. The second-order valence-electron chi connectivity index (χ2n) is 4.42. The number of hydrogen-bond donors (Lipinski definition) is 2. The smallest absolute Gasteiger partial charge is 0.115 e. The van der Waals surface area contributed by atoms with Crippen molar-refractivity contribution in [2.45, 2.75) is 13.0 Å². The molecule has 0 heterocycles. The molecule has 0 amide bonds. The molecular weight excluding hydrogens is 238 g/mol. The summed E-state index contributed by atoms with van der Waals surface area (Å²) in [5.74, 6) is 0.296. The molecule has 2 rings (SSSR count). The highest BCUT2D eigenvalue weighted by Gasteiger charge is 2.01. The van der Waals surface area contributed by atoms with Gasteiger partial charge in [-0.15, -0.1) is 0 Å². The van der Waals surface area contributed by atoms with Crippen LogP contribution in [-0.2, 0) is 17.7 Å². The third-order valence-corrected chi connectivity index (χ3v) is 3.01. The molecule has 0 aromatic heterocycles. The second-order valence-corrected chi connectivity index (χ2v) is 4.42. The minimum absolute atomic E-state index is 0.296. The molecular formula is C16H19NO2. The lowest BCUT2D eigenvalue weighted by Gasteiger charge is -2.12. The summed E-state index contributed by atoms with van der Waals surface area (Å²) in [6, 6.07) is 15.5. The Morgan fingerprint density at radius 2 is 1.79 bits per heavy atom. The van der Waals surface area contributed by atoms with E-state index in [0.717, 1.165) is 30.8 Å². The maximum atomic E-state index is 9.25. The van der Waals surface area contributed by atoms with Crippen LogP contribution in [-0.4, -0.2) is 18.8 Å². The molecule has 0 radical (unpaired) electrons. The van der Waals surface area contributed by atoms with Crippen LogP contribution in [0.1, 0.15) is 11.1 Å². The first-order chi connectivity index (χ1) is 9.29. The number of para-hydroxylation sites is 1. The van der Waals surface area contributed by atoms with Crippen molar-refractivity contribution < 1.29 is 9.84 Å². The van der Waals surface area contributed by atoms with Crippen molar-refractivity contribution in [1.82, 2.24) is 0 Å². The Morgan fingerprint density at radius 3 is 2.53 bits per heavy atom. The highest BCUT2D eigenvalue weighted by atomic mass is 16.5. The predicted octanol–water partition coefficient (Wildman–Crippen LogP) is 3.19. The van der Waals surface area contributed by atoms with Crippen molar-refractivity contribution in [2.75, 3.05) is 19.0 Å². The van der Waals surface area contributed by atoms with E-state index in [1.165, 1.54) is 5.56 Å². The van der Waals surface area contributed by atoms with Crippen LogP contribution in [0.15, 0.2) is 48.5 Å². The van der Waals surface area contributed by atoms with Crippen molar-refractivity contribution in [3.05, 3.63) is 59.7 Å². The topological polar surface area (TPSA) is 41.5 Å². The molecule has 0 bridgehead atoms. The first-order valence-corrected chi connectivity index (χ1v) is 6.38. The van der Waals surface area contributed by atoms with E-state index in [1.54, 1.807) is 19.2 Å². The minimum atomic E-state index is 0.296. The molecule has 0 fully saturated rings. The average Bonchev–Trinajstić information content (AvgIpc) is 2.45. The van der Waals surface area contributed by atoms with E-state index in [-0.39, 0.29) is 0 Å². The first kappa shape index (κ1) is 13.4. The lowest BCUT2D eigenvalue weighted by Crippen LogP contribution is -2.04. The van der Waals surface area contributed by atoms with E-state index in [4.69, 9.17) is 4.74 Å². The van der Waals surface area contributed by atoms with E-state index >= 15 is 0 Å². The number of hydrogen-bond acceptors (Lipinski definition) is 3. The molecule has 2 N–H and O–H groups in total. The summed E-state index contributed by atoms with van der Waals surface area (Å²) >= 11 is 0. The molecule has 3 nitrogen and oxygen atoms in total. The van der Waals surface area contributed by atoms with Crippen molar-refractivity contribution in [2.24, 2.45) is 0 Å². The van der Waals surface area contributed by atoms with Crippen LogP contribution in [0, 0.1) is 0 Å². The minimum Gasteiger partial charge on any atom is -0.508 e. The van der Waals surface area contributed by atoms with Gasteiger partial charge in [0, 0.05) is 19.3 Å². The number of ether oxygens (including phenoxy) is 1. The number of nitrogens with one attached hydrogen (secondary N) is 1. The standard InChI is InChI=1S/C16H19NO2/c1-19-11-10-14-4-2-3-5-16(14)17-12-13-6-8-15(18)9-7-13/h2-9,17-18H,10-12H2,1H3. The summed E-state index contributed by atoms with van der Waals surface area (Å²) in [4.78, 5) is 0. The summed E-state index contributed by atoms with van der Waals surface area (Å²) in [5.41, 5.74) is 3.52. The summed E-state index contributed by atoms with van der Waals surface area (Å²) in [7, 11) is 1.71. The molecule has 0 saturated heterocycles. The van der Waals surface area contributed by atoms with Crippen LogP contribution < -0.4 is 5.32 Å². The monoisotopic (exact) mass is 257 g/mol. The van der Waals surface area contributed by atoms with E-state index in [0.29, 0.717) is 5.75 Å². The van der Waals surface area contributed by atoms with Crippen LogP contribution in [0.3, 0.4) is 0 Å². The molecule has 0 saturated carbocycles. The predicted molar refractivity (Wildman–Crippen MR) is 77.5 cm³/mol. The van der Waals surface area contributed by atoms with Gasteiger partial charge in [0.15, 0.2) is 0 Å². The molecule has 0 aliphatic heterocycles. The zero-order chi connectivity index (χ0) is 13.5. The Hall–Kier alpha value is -2.00. The van der Waals surface area contributed by atoms with Gasteiger partial charge in [-0.05, 0) is 35.7 Å². The van der Waals surface area contributed by atoms with Crippen molar-refractivity contribution in [1.29, 1.82) is 0 Å². The summed E-state index contributed by atoms with van der Waals surface area (Å²) < 4.78 is 5.12. The maximum absolute atomic E-state index is 9.25. The molecule has 3 heteroatoms. The number of aromatic hydroxyl groups is 1. The lowest BCUT2D eigenvalue weighted by atomic mass is 10.1. The SMILES string of the molecule is COCCc1ccccc1NCc1ccc(O)cc1. The second kappa shape index (κ2) is 6.81. The normalized spacial score (nSPS) is 10.4. The number of rotatable bonds is 6. The van der Waals surface area contributed by atoms with Crippen LogP contribution in [0.5, 0.6) is 5.75 Å². The molecule has 0 aliphatic carbocycles. The molecule has 0 unspecified atom stereocenters. The summed E-state index contributed by atoms with van der Waals surface area (Å²) in [6.45, 7) is 1.46. The molecule has 100 valence electrons. The lowest BCUT2D eigenvalue weighted by molar-refractivity contribution is 0.202. The fraction of sp³-hybridized carbons (Fsp3) is 0.250.